The summed E-state index contributed by atoms with van der Waals surface area (Å²) in [7, 11) is 1.84. The summed E-state index contributed by atoms with van der Waals surface area (Å²) in [5.41, 5.74) is 0.651. The van der Waals surface area contributed by atoms with Crippen molar-refractivity contribution in [1.29, 1.82) is 0 Å². The minimum absolute atomic E-state index is 0.0648. The monoisotopic (exact) mass is 175 g/mol. The Kier molecular flexibility index (Phi) is 1.73. The number of carbonyl (C=O) groups is 1. The highest BCUT2D eigenvalue weighted by Gasteiger charge is 2.09. The molecule has 0 saturated heterocycles. The van der Waals surface area contributed by atoms with E-state index in [0.29, 0.717) is 5.69 Å². The van der Waals surface area contributed by atoms with E-state index in [1.807, 2.05) is 19.3 Å². The Morgan fingerprint density at radius 1 is 1.46 bits per heavy atom. The van der Waals surface area contributed by atoms with Gasteiger partial charge in [0.05, 0.1) is 0 Å². The van der Waals surface area contributed by atoms with Gasteiger partial charge in [-0.1, -0.05) is 0 Å². The van der Waals surface area contributed by atoms with Crippen molar-refractivity contribution in [3.8, 4) is 0 Å². The molecule has 0 N–H and O–H groups in total. The van der Waals surface area contributed by atoms with Crippen LogP contribution < -0.4 is 0 Å². The van der Waals surface area contributed by atoms with Gasteiger partial charge < -0.3 is 4.57 Å². The highest BCUT2D eigenvalue weighted by Crippen LogP contribution is 2.02. The first-order chi connectivity index (χ1) is 6.29. The van der Waals surface area contributed by atoms with E-state index in [2.05, 4.69) is 4.98 Å². The van der Waals surface area contributed by atoms with Gasteiger partial charge in [0.15, 0.2) is 0 Å². The van der Waals surface area contributed by atoms with Gasteiger partial charge in [0.25, 0.3) is 5.91 Å². The molecule has 0 amide bonds. The fraction of sp³-hybridized carbons (Fsp3) is 0.111. The normalized spacial score (nSPS) is 10.2. The summed E-state index contributed by atoms with van der Waals surface area (Å²) in [6.45, 7) is 0. The fourth-order valence-corrected chi connectivity index (χ4v) is 1.19. The van der Waals surface area contributed by atoms with E-state index in [1.54, 1.807) is 23.0 Å². The molecule has 0 aromatic carbocycles. The van der Waals surface area contributed by atoms with Gasteiger partial charge in [-0.05, 0) is 12.1 Å². The van der Waals surface area contributed by atoms with Crippen molar-refractivity contribution in [3.63, 3.8) is 0 Å². The van der Waals surface area contributed by atoms with Crippen LogP contribution in [0.3, 0.4) is 0 Å². The summed E-state index contributed by atoms with van der Waals surface area (Å²) in [6.07, 6.45) is 6.55. The molecule has 2 heterocycles. The van der Waals surface area contributed by atoms with E-state index < -0.39 is 0 Å². The van der Waals surface area contributed by atoms with Crippen molar-refractivity contribution in [2.24, 2.45) is 7.05 Å². The molecule has 2 aromatic heterocycles. The van der Waals surface area contributed by atoms with Crippen molar-refractivity contribution < 1.29 is 4.79 Å². The van der Waals surface area contributed by atoms with Crippen LogP contribution in [0.5, 0.6) is 0 Å². The van der Waals surface area contributed by atoms with E-state index in [4.69, 9.17) is 0 Å². The van der Waals surface area contributed by atoms with Gasteiger partial charge in [-0.3, -0.25) is 9.36 Å². The zero-order valence-corrected chi connectivity index (χ0v) is 7.21. The Bertz CT molecular complexity index is 414. The standard InChI is InChI=1S/C9H9N3O/c1-11-5-2-3-8(11)9(13)12-6-4-10-7-12/h2-7H,1H3. The van der Waals surface area contributed by atoms with E-state index in [1.165, 1.54) is 10.9 Å². The molecule has 0 aliphatic rings. The maximum Gasteiger partial charge on any atom is 0.279 e. The third-order valence-corrected chi connectivity index (χ3v) is 1.90. The maximum atomic E-state index is 11.7. The van der Waals surface area contributed by atoms with Gasteiger partial charge in [0, 0.05) is 25.6 Å². The summed E-state index contributed by atoms with van der Waals surface area (Å²) in [4.78, 5) is 15.5. The van der Waals surface area contributed by atoms with Crippen molar-refractivity contribution in [2.45, 2.75) is 0 Å². The minimum Gasteiger partial charge on any atom is -0.347 e. The van der Waals surface area contributed by atoms with E-state index in [-0.39, 0.29) is 5.91 Å². The predicted molar refractivity (Wildman–Crippen MR) is 47.4 cm³/mol. The second kappa shape index (κ2) is 2.90. The Morgan fingerprint density at radius 3 is 2.85 bits per heavy atom. The first kappa shape index (κ1) is 7.79. The van der Waals surface area contributed by atoms with E-state index >= 15 is 0 Å². The lowest BCUT2D eigenvalue weighted by atomic mass is 10.4. The molecule has 66 valence electrons. The zero-order valence-electron chi connectivity index (χ0n) is 7.21. The number of carbonyl (C=O) groups excluding carboxylic acids is 1. The molecule has 2 rings (SSSR count). The summed E-state index contributed by atoms with van der Waals surface area (Å²) >= 11 is 0. The molecular weight excluding hydrogens is 166 g/mol. The third-order valence-electron chi connectivity index (χ3n) is 1.90. The number of hydrogen-bond acceptors (Lipinski definition) is 2. The number of nitrogens with zero attached hydrogens (tertiary/aromatic N) is 3. The smallest absolute Gasteiger partial charge is 0.279 e. The van der Waals surface area contributed by atoms with Crippen molar-refractivity contribution >= 4 is 5.91 Å². The second-order valence-corrected chi connectivity index (χ2v) is 2.78. The van der Waals surface area contributed by atoms with Crippen LogP contribution >= 0.6 is 0 Å². The van der Waals surface area contributed by atoms with Gasteiger partial charge in [-0.2, -0.15) is 0 Å². The molecule has 2 aromatic rings. The Hall–Kier alpha value is -1.84. The minimum atomic E-state index is -0.0648. The molecule has 0 aliphatic heterocycles. The zero-order chi connectivity index (χ0) is 9.26. The van der Waals surface area contributed by atoms with Gasteiger partial charge >= 0.3 is 0 Å². The second-order valence-electron chi connectivity index (χ2n) is 2.78. The molecule has 4 nitrogen and oxygen atoms in total. The van der Waals surface area contributed by atoms with Crippen LogP contribution in [0.15, 0.2) is 37.1 Å². The highest BCUT2D eigenvalue weighted by atomic mass is 16.2. The molecule has 0 bridgehead atoms. The topological polar surface area (TPSA) is 39.8 Å². The van der Waals surface area contributed by atoms with Gasteiger partial charge in [0.1, 0.15) is 12.0 Å². The molecule has 0 spiro atoms. The van der Waals surface area contributed by atoms with Crippen molar-refractivity contribution in [2.75, 3.05) is 0 Å². The summed E-state index contributed by atoms with van der Waals surface area (Å²) < 4.78 is 3.23. The third kappa shape index (κ3) is 1.26. The maximum absolute atomic E-state index is 11.7. The van der Waals surface area contributed by atoms with Crippen LogP contribution in [-0.4, -0.2) is 20.0 Å². The molecule has 13 heavy (non-hydrogen) atoms. The molecular formula is C9H9N3O. The van der Waals surface area contributed by atoms with Crippen LogP contribution in [0.25, 0.3) is 0 Å². The first-order valence-electron chi connectivity index (χ1n) is 3.93. The molecule has 0 radical (unpaired) electrons. The van der Waals surface area contributed by atoms with Crippen LogP contribution in [0.4, 0.5) is 0 Å². The average molecular weight is 175 g/mol. The van der Waals surface area contributed by atoms with E-state index in [9.17, 15) is 4.79 Å². The summed E-state index contributed by atoms with van der Waals surface area (Å²) in [5.74, 6) is -0.0648. The summed E-state index contributed by atoms with van der Waals surface area (Å²) in [5, 5.41) is 0. The number of imidazole rings is 1. The SMILES string of the molecule is Cn1cccc1C(=O)n1ccnc1. The predicted octanol–water partition coefficient (Wildman–Crippen LogP) is 0.910. The number of hydrogen-bond donors (Lipinski definition) is 0. The quantitative estimate of drug-likeness (QED) is 0.646. The van der Waals surface area contributed by atoms with Crippen LogP contribution in [0.2, 0.25) is 0 Å². The van der Waals surface area contributed by atoms with Gasteiger partial charge in [-0.15, -0.1) is 0 Å². The van der Waals surface area contributed by atoms with E-state index in [0.717, 1.165) is 0 Å². The molecule has 0 saturated carbocycles. The largest absolute Gasteiger partial charge is 0.347 e. The fourth-order valence-electron chi connectivity index (χ4n) is 1.19. The molecule has 4 heteroatoms. The lowest BCUT2D eigenvalue weighted by Crippen LogP contribution is -2.13. The number of aromatic nitrogens is 3. The van der Waals surface area contributed by atoms with Gasteiger partial charge in [-0.25, -0.2) is 4.98 Å². The molecule has 0 unspecified atom stereocenters. The first-order valence-corrected chi connectivity index (χ1v) is 3.93. The van der Waals surface area contributed by atoms with Crippen LogP contribution in [-0.2, 0) is 7.05 Å². The average Bonchev–Trinajstić information content (AvgIpc) is 2.72. The van der Waals surface area contributed by atoms with Crippen molar-refractivity contribution in [3.05, 3.63) is 42.7 Å². The van der Waals surface area contributed by atoms with Crippen LogP contribution in [0.1, 0.15) is 10.5 Å². The Labute approximate surface area is 75.4 Å². The Morgan fingerprint density at radius 2 is 2.31 bits per heavy atom. The Balaban J connectivity index is 2.39. The summed E-state index contributed by atoms with van der Waals surface area (Å²) in [6, 6.07) is 3.62. The van der Waals surface area contributed by atoms with Crippen LogP contribution in [0, 0.1) is 0 Å². The van der Waals surface area contributed by atoms with Crippen molar-refractivity contribution in [1.82, 2.24) is 14.1 Å². The molecule has 0 fully saturated rings. The van der Waals surface area contributed by atoms with Gasteiger partial charge in [0.2, 0.25) is 0 Å². The molecule has 0 atom stereocenters. The number of rotatable bonds is 1. The number of aryl methyl sites for hydroxylation is 1. The molecule has 0 aliphatic carbocycles. The lowest BCUT2D eigenvalue weighted by molar-refractivity contribution is 0.0952. The lowest BCUT2D eigenvalue weighted by Gasteiger charge is -2.01. The highest BCUT2D eigenvalue weighted by molar-refractivity contribution is 5.94.